The Labute approximate surface area is 147 Å². The van der Waals surface area contributed by atoms with Gasteiger partial charge in [-0.1, -0.05) is 36.4 Å². The van der Waals surface area contributed by atoms with Crippen molar-refractivity contribution in [2.45, 2.75) is 4.90 Å². The van der Waals surface area contributed by atoms with Gasteiger partial charge >= 0.3 is 0 Å². The number of aromatic nitrogens is 1. The van der Waals surface area contributed by atoms with Gasteiger partial charge in [-0.05, 0) is 24.3 Å². The lowest BCUT2D eigenvalue weighted by Crippen LogP contribution is -2.48. The molecule has 0 bridgehead atoms. The Kier molecular flexibility index (Phi) is 4.15. The van der Waals surface area contributed by atoms with Crippen LogP contribution in [0.15, 0.2) is 71.8 Å². The molecule has 0 spiro atoms. The minimum atomic E-state index is -3.42. The van der Waals surface area contributed by atoms with E-state index in [0.717, 1.165) is 16.6 Å². The second kappa shape index (κ2) is 6.46. The van der Waals surface area contributed by atoms with Crippen LogP contribution in [0.2, 0.25) is 0 Å². The Balaban J connectivity index is 1.56. The first-order valence-corrected chi connectivity index (χ1v) is 9.74. The monoisotopic (exact) mass is 353 g/mol. The van der Waals surface area contributed by atoms with Crippen molar-refractivity contribution in [3.63, 3.8) is 0 Å². The number of sulfonamides is 1. The van der Waals surface area contributed by atoms with E-state index in [2.05, 4.69) is 16.0 Å². The minimum absolute atomic E-state index is 0.357. The molecule has 0 N–H and O–H groups in total. The topological polar surface area (TPSA) is 53.5 Å². The zero-order valence-corrected chi connectivity index (χ0v) is 14.6. The van der Waals surface area contributed by atoms with Crippen molar-refractivity contribution in [2.24, 2.45) is 0 Å². The maximum absolute atomic E-state index is 12.7. The highest BCUT2D eigenvalue weighted by Crippen LogP contribution is 2.26. The first kappa shape index (κ1) is 16.1. The molecule has 3 aromatic rings. The first-order chi connectivity index (χ1) is 12.2. The van der Waals surface area contributed by atoms with Crippen LogP contribution >= 0.6 is 0 Å². The van der Waals surface area contributed by atoms with Gasteiger partial charge in [0.05, 0.1) is 16.1 Å². The molecule has 2 heterocycles. The highest BCUT2D eigenvalue weighted by atomic mass is 32.2. The Hall–Kier alpha value is -2.44. The maximum Gasteiger partial charge on any atom is 0.243 e. The Morgan fingerprint density at radius 3 is 2.28 bits per heavy atom. The van der Waals surface area contributed by atoms with E-state index in [-0.39, 0.29) is 0 Å². The number of para-hydroxylation sites is 1. The van der Waals surface area contributed by atoms with Crippen molar-refractivity contribution >= 4 is 26.6 Å². The fourth-order valence-corrected chi connectivity index (χ4v) is 4.70. The lowest BCUT2D eigenvalue weighted by Gasteiger charge is -2.35. The zero-order chi connectivity index (χ0) is 17.3. The zero-order valence-electron chi connectivity index (χ0n) is 13.7. The van der Waals surface area contributed by atoms with Crippen molar-refractivity contribution in [1.29, 1.82) is 0 Å². The van der Waals surface area contributed by atoms with Crippen LogP contribution < -0.4 is 4.90 Å². The summed E-state index contributed by atoms with van der Waals surface area (Å²) < 4.78 is 27.0. The number of nitrogens with zero attached hydrogens (tertiary/aromatic N) is 3. The van der Waals surface area contributed by atoms with E-state index in [9.17, 15) is 8.42 Å². The van der Waals surface area contributed by atoms with E-state index < -0.39 is 10.0 Å². The highest BCUT2D eigenvalue weighted by Gasteiger charge is 2.28. The van der Waals surface area contributed by atoms with Crippen LogP contribution in [0.1, 0.15) is 0 Å². The average Bonchev–Trinajstić information content (AvgIpc) is 2.68. The lowest BCUT2D eigenvalue weighted by atomic mass is 10.1. The summed E-state index contributed by atoms with van der Waals surface area (Å²) in [7, 11) is -3.42. The van der Waals surface area contributed by atoms with Crippen molar-refractivity contribution in [3.05, 3.63) is 66.9 Å². The predicted molar refractivity (Wildman–Crippen MR) is 99.2 cm³/mol. The molecule has 1 aromatic heterocycles. The fraction of sp³-hybridized carbons (Fsp3) is 0.211. The van der Waals surface area contributed by atoms with E-state index in [4.69, 9.17) is 0 Å². The number of hydrogen-bond donors (Lipinski definition) is 0. The molecule has 0 unspecified atom stereocenters. The van der Waals surface area contributed by atoms with E-state index in [1.165, 1.54) is 0 Å². The molecule has 1 saturated heterocycles. The molecule has 1 fully saturated rings. The van der Waals surface area contributed by atoms with E-state index in [1.807, 2.05) is 30.3 Å². The van der Waals surface area contributed by atoms with Crippen molar-refractivity contribution in [1.82, 2.24) is 9.29 Å². The Bertz CT molecular complexity index is 976. The van der Waals surface area contributed by atoms with Crippen LogP contribution in [0.3, 0.4) is 0 Å². The van der Waals surface area contributed by atoms with E-state index >= 15 is 0 Å². The molecule has 0 amide bonds. The molecule has 0 radical (unpaired) electrons. The summed E-state index contributed by atoms with van der Waals surface area (Å²) in [6.45, 7) is 2.25. The fourth-order valence-electron chi connectivity index (χ4n) is 3.25. The summed E-state index contributed by atoms with van der Waals surface area (Å²) in [5.41, 5.74) is 2.03. The first-order valence-electron chi connectivity index (χ1n) is 8.30. The third-order valence-corrected chi connectivity index (χ3v) is 6.48. The normalized spacial score (nSPS) is 16.2. The van der Waals surface area contributed by atoms with Crippen molar-refractivity contribution in [3.8, 4) is 0 Å². The SMILES string of the molecule is O=S(=O)(c1ccccc1)N1CCN(c2cccc3cccnc23)CC1. The van der Waals surface area contributed by atoms with Crippen LogP contribution in [0.5, 0.6) is 0 Å². The van der Waals surface area contributed by atoms with Gasteiger partial charge in [-0.2, -0.15) is 4.31 Å². The van der Waals surface area contributed by atoms with Gasteiger partial charge in [0.2, 0.25) is 10.0 Å². The summed E-state index contributed by atoms with van der Waals surface area (Å²) in [5, 5.41) is 1.10. The van der Waals surface area contributed by atoms with Gasteiger partial charge in [0.25, 0.3) is 0 Å². The molecule has 1 aliphatic heterocycles. The minimum Gasteiger partial charge on any atom is -0.367 e. The van der Waals surface area contributed by atoms with Gasteiger partial charge in [0.1, 0.15) is 0 Å². The van der Waals surface area contributed by atoms with E-state index in [1.54, 1.807) is 34.8 Å². The number of hydrogen-bond acceptors (Lipinski definition) is 4. The van der Waals surface area contributed by atoms with Gasteiger partial charge < -0.3 is 4.90 Å². The number of benzene rings is 2. The van der Waals surface area contributed by atoms with Gasteiger partial charge in [-0.15, -0.1) is 0 Å². The number of fused-ring (bicyclic) bond motifs is 1. The van der Waals surface area contributed by atoms with Gasteiger partial charge in [0, 0.05) is 37.8 Å². The molecule has 128 valence electrons. The van der Waals surface area contributed by atoms with Gasteiger partial charge in [0.15, 0.2) is 0 Å². The van der Waals surface area contributed by atoms with Crippen molar-refractivity contribution in [2.75, 3.05) is 31.1 Å². The molecule has 0 atom stereocenters. The summed E-state index contributed by atoms with van der Waals surface area (Å²) in [5.74, 6) is 0. The van der Waals surface area contributed by atoms with Crippen LogP contribution in [0.25, 0.3) is 10.9 Å². The summed E-state index contributed by atoms with van der Waals surface area (Å²) in [6, 6.07) is 18.7. The molecule has 2 aromatic carbocycles. The lowest BCUT2D eigenvalue weighted by molar-refractivity contribution is 0.385. The second-order valence-corrected chi connectivity index (χ2v) is 7.99. The van der Waals surface area contributed by atoms with Crippen molar-refractivity contribution < 1.29 is 8.42 Å². The average molecular weight is 353 g/mol. The van der Waals surface area contributed by atoms with Crippen LogP contribution in [0.4, 0.5) is 5.69 Å². The van der Waals surface area contributed by atoms with Crippen LogP contribution in [0, 0.1) is 0 Å². The number of pyridine rings is 1. The van der Waals surface area contributed by atoms with Crippen LogP contribution in [-0.4, -0.2) is 43.9 Å². The molecule has 6 heteroatoms. The van der Waals surface area contributed by atoms with Crippen LogP contribution in [-0.2, 0) is 10.0 Å². The number of rotatable bonds is 3. The molecule has 1 aliphatic rings. The largest absolute Gasteiger partial charge is 0.367 e. The number of anilines is 1. The third kappa shape index (κ3) is 2.99. The summed E-state index contributed by atoms with van der Waals surface area (Å²) in [6.07, 6.45) is 1.79. The molecule has 0 aliphatic carbocycles. The summed E-state index contributed by atoms with van der Waals surface area (Å²) in [4.78, 5) is 7.07. The molecular formula is C19H19N3O2S. The molecule has 5 nitrogen and oxygen atoms in total. The third-order valence-electron chi connectivity index (χ3n) is 4.57. The predicted octanol–water partition coefficient (Wildman–Crippen LogP) is 2.75. The maximum atomic E-state index is 12.7. The van der Waals surface area contributed by atoms with Gasteiger partial charge in [-0.3, -0.25) is 4.98 Å². The molecular weight excluding hydrogens is 334 g/mol. The standard InChI is InChI=1S/C19H19N3O2S/c23-25(24,17-8-2-1-3-9-17)22-14-12-21(13-15-22)18-10-4-6-16-7-5-11-20-19(16)18/h1-11H,12-15H2. The van der Waals surface area contributed by atoms with E-state index in [0.29, 0.717) is 31.1 Å². The quantitative estimate of drug-likeness (QED) is 0.727. The smallest absolute Gasteiger partial charge is 0.243 e. The Morgan fingerprint density at radius 2 is 1.52 bits per heavy atom. The summed E-state index contributed by atoms with van der Waals surface area (Å²) >= 11 is 0. The second-order valence-electron chi connectivity index (χ2n) is 6.06. The highest BCUT2D eigenvalue weighted by molar-refractivity contribution is 7.89. The number of piperazine rings is 1. The van der Waals surface area contributed by atoms with Gasteiger partial charge in [-0.25, -0.2) is 8.42 Å². The molecule has 0 saturated carbocycles. The Morgan fingerprint density at radius 1 is 0.800 bits per heavy atom. The molecule has 25 heavy (non-hydrogen) atoms. The molecule has 4 rings (SSSR count).